The highest BCUT2D eigenvalue weighted by molar-refractivity contribution is 7.98. The number of carbonyl (C=O) groups is 2. The summed E-state index contributed by atoms with van der Waals surface area (Å²) in [4.78, 5) is 27.1. The summed E-state index contributed by atoms with van der Waals surface area (Å²) >= 11 is 7.64. The fourth-order valence-electron chi connectivity index (χ4n) is 2.83. The average Bonchev–Trinajstić information content (AvgIpc) is 2.72. The molecule has 2 amide bonds. The normalized spacial score (nSPS) is 11.6. The van der Waals surface area contributed by atoms with Crippen LogP contribution < -0.4 is 10.1 Å². The van der Waals surface area contributed by atoms with Gasteiger partial charge in [-0.25, -0.2) is 4.39 Å². The highest BCUT2D eigenvalue weighted by Gasteiger charge is 2.26. The number of hydrogen-bond acceptors (Lipinski definition) is 4. The second-order valence-corrected chi connectivity index (χ2v) is 7.80. The fourth-order valence-corrected chi connectivity index (χ4v) is 3.52. The average molecular weight is 439 g/mol. The van der Waals surface area contributed by atoms with E-state index >= 15 is 0 Å². The van der Waals surface area contributed by atoms with E-state index in [1.54, 1.807) is 49.1 Å². The lowest BCUT2D eigenvalue weighted by molar-refractivity contribution is -0.132. The maximum atomic E-state index is 14.1. The molecule has 0 radical (unpaired) electrons. The zero-order valence-electron chi connectivity index (χ0n) is 16.6. The van der Waals surface area contributed by atoms with Gasteiger partial charge in [-0.15, -0.1) is 0 Å². The van der Waals surface area contributed by atoms with Crippen LogP contribution in [0.3, 0.4) is 0 Å². The van der Waals surface area contributed by atoms with E-state index in [4.69, 9.17) is 16.3 Å². The van der Waals surface area contributed by atoms with Crippen LogP contribution in [0.5, 0.6) is 5.75 Å². The summed E-state index contributed by atoms with van der Waals surface area (Å²) in [6, 6.07) is 10.4. The standard InChI is InChI=1S/C21H24ClFN2O3S/c1-25(13-15-16(22)8-6-9-17(15)23)21(27)18(11-12-29-3)24-20(26)14-7-4-5-10-19(14)28-2/h4-10,18H,11-13H2,1-3H3,(H,24,26). The van der Waals surface area contributed by atoms with E-state index in [0.29, 0.717) is 23.5 Å². The largest absolute Gasteiger partial charge is 0.496 e. The number of thioether (sulfide) groups is 1. The molecule has 0 fully saturated rings. The number of rotatable bonds is 9. The number of para-hydroxylation sites is 1. The van der Waals surface area contributed by atoms with E-state index in [9.17, 15) is 14.0 Å². The maximum absolute atomic E-state index is 14.1. The summed E-state index contributed by atoms with van der Waals surface area (Å²) in [5.41, 5.74) is 0.585. The molecule has 0 aliphatic carbocycles. The predicted octanol–water partition coefficient (Wildman–Crippen LogP) is 4.00. The summed E-state index contributed by atoms with van der Waals surface area (Å²) in [6.45, 7) is 0.00460. The molecule has 0 heterocycles. The Bertz CT molecular complexity index is 845. The molecule has 0 bridgehead atoms. The molecule has 29 heavy (non-hydrogen) atoms. The van der Waals surface area contributed by atoms with Gasteiger partial charge in [-0.3, -0.25) is 9.59 Å². The molecular weight excluding hydrogens is 415 g/mol. The number of ether oxygens (including phenoxy) is 1. The predicted molar refractivity (Wildman–Crippen MR) is 115 cm³/mol. The Balaban J connectivity index is 2.17. The minimum atomic E-state index is -0.754. The molecule has 8 heteroatoms. The summed E-state index contributed by atoms with van der Waals surface area (Å²) < 4.78 is 19.3. The smallest absolute Gasteiger partial charge is 0.255 e. The van der Waals surface area contributed by atoms with Gasteiger partial charge in [0, 0.05) is 24.2 Å². The van der Waals surface area contributed by atoms with Crippen LogP contribution in [0, 0.1) is 5.82 Å². The molecule has 0 aromatic heterocycles. The molecule has 0 aliphatic rings. The van der Waals surface area contributed by atoms with Crippen molar-refractivity contribution in [1.82, 2.24) is 10.2 Å². The zero-order valence-corrected chi connectivity index (χ0v) is 18.1. The first-order chi connectivity index (χ1) is 13.9. The van der Waals surface area contributed by atoms with Gasteiger partial charge in [0.1, 0.15) is 17.6 Å². The van der Waals surface area contributed by atoms with Crippen molar-refractivity contribution in [3.63, 3.8) is 0 Å². The molecule has 2 rings (SSSR count). The van der Waals surface area contributed by atoms with Crippen LogP contribution in [-0.4, -0.2) is 48.9 Å². The van der Waals surface area contributed by atoms with Gasteiger partial charge in [-0.05, 0) is 42.7 Å². The Kier molecular flexibility index (Phi) is 8.79. The minimum Gasteiger partial charge on any atom is -0.496 e. The molecular formula is C21H24ClFN2O3S. The van der Waals surface area contributed by atoms with Crippen LogP contribution in [0.2, 0.25) is 5.02 Å². The van der Waals surface area contributed by atoms with Gasteiger partial charge in [0.2, 0.25) is 5.91 Å². The van der Waals surface area contributed by atoms with Gasteiger partial charge < -0.3 is 15.0 Å². The molecule has 0 aliphatic heterocycles. The van der Waals surface area contributed by atoms with Gasteiger partial charge in [-0.1, -0.05) is 29.8 Å². The van der Waals surface area contributed by atoms with E-state index in [2.05, 4.69) is 5.32 Å². The van der Waals surface area contributed by atoms with Gasteiger partial charge in [0.15, 0.2) is 0 Å². The number of benzene rings is 2. The summed E-state index contributed by atoms with van der Waals surface area (Å²) in [5, 5.41) is 3.04. The van der Waals surface area contributed by atoms with Gasteiger partial charge >= 0.3 is 0 Å². The molecule has 156 valence electrons. The molecule has 1 unspecified atom stereocenters. The Morgan fingerprint density at radius 2 is 1.97 bits per heavy atom. The highest BCUT2D eigenvalue weighted by Crippen LogP contribution is 2.21. The van der Waals surface area contributed by atoms with Crippen LogP contribution in [0.4, 0.5) is 4.39 Å². The molecule has 0 spiro atoms. The summed E-state index contributed by atoms with van der Waals surface area (Å²) in [6.07, 6.45) is 2.36. The number of nitrogens with zero attached hydrogens (tertiary/aromatic N) is 1. The van der Waals surface area contributed by atoms with Gasteiger partial charge in [-0.2, -0.15) is 11.8 Å². The SMILES string of the molecule is COc1ccccc1C(=O)NC(CCSC)C(=O)N(C)Cc1c(F)cccc1Cl. The van der Waals surface area contributed by atoms with Crippen molar-refractivity contribution in [1.29, 1.82) is 0 Å². The maximum Gasteiger partial charge on any atom is 0.255 e. The first kappa shape index (κ1) is 23.0. The van der Waals surface area contributed by atoms with E-state index in [0.717, 1.165) is 0 Å². The van der Waals surface area contributed by atoms with Crippen LogP contribution >= 0.6 is 23.4 Å². The van der Waals surface area contributed by atoms with Crippen molar-refractivity contribution in [2.75, 3.05) is 26.2 Å². The van der Waals surface area contributed by atoms with Crippen molar-refractivity contribution >= 4 is 35.2 Å². The summed E-state index contributed by atoms with van der Waals surface area (Å²) in [7, 11) is 3.04. The number of hydrogen-bond donors (Lipinski definition) is 1. The third-order valence-electron chi connectivity index (χ3n) is 4.40. The third kappa shape index (κ3) is 6.11. The van der Waals surface area contributed by atoms with Crippen LogP contribution in [0.25, 0.3) is 0 Å². The van der Waals surface area contributed by atoms with E-state index in [1.165, 1.54) is 24.1 Å². The van der Waals surface area contributed by atoms with Crippen LogP contribution in [0.1, 0.15) is 22.3 Å². The first-order valence-corrected chi connectivity index (χ1v) is 10.8. The number of carbonyl (C=O) groups excluding carboxylic acids is 2. The number of halogens is 2. The number of nitrogens with one attached hydrogen (secondary N) is 1. The molecule has 2 aromatic rings. The van der Waals surface area contributed by atoms with Crippen molar-refractivity contribution in [3.8, 4) is 5.75 Å². The van der Waals surface area contributed by atoms with Gasteiger partial charge in [0.05, 0.1) is 12.7 Å². The Hall–Kier alpha value is -2.25. The number of likely N-dealkylation sites (N-methyl/N-ethyl adjacent to an activating group) is 1. The lowest BCUT2D eigenvalue weighted by Crippen LogP contribution is -2.47. The van der Waals surface area contributed by atoms with Crippen LogP contribution in [-0.2, 0) is 11.3 Å². The van der Waals surface area contributed by atoms with Gasteiger partial charge in [0.25, 0.3) is 5.91 Å². The van der Waals surface area contributed by atoms with E-state index in [-0.39, 0.29) is 23.0 Å². The molecule has 0 saturated heterocycles. The highest BCUT2D eigenvalue weighted by atomic mass is 35.5. The first-order valence-electron chi connectivity index (χ1n) is 8.99. The second-order valence-electron chi connectivity index (χ2n) is 6.40. The van der Waals surface area contributed by atoms with Crippen molar-refractivity contribution in [3.05, 3.63) is 64.4 Å². The van der Waals surface area contributed by atoms with Crippen molar-refractivity contribution < 1.29 is 18.7 Å². The lowest BCUT2D eigenvalue weighted by Gasteiger charge is -2.25. The molecule has 1 N–H and O–H groups in total. The Morgan fingerprint density at radius 1 is 1.24 bits per heavy atom. The molecule has 0 saturated carbocycles. The Labute approximate surface area is 179 Å². The van der Waals surface area contributed by atoms with Crippen molar-refractivity contribution in [2.45, 2.75) is 19.0 Å². The second kappa shape index (κ2) is 11.1. The molecule has 2 aromatic carbocycles. The fraction of sp³-hybridized carbons (Fsp3) is 0.333. The monoisotopic (exact) mass is 438 g/mol. The quantitative estimate of drug-likeness (QED) is 0.643. The Morgan fingerprint density at radius 3 is 2.62 bits per heavy atom. The minimum absolute atomic E-state index is 0.00460. The zero-order chi connectivity index (χ0) is 21.4. The molecule has 1 atom stereocenters. The van der Waals surface area contributed by atoms with Crippen LogP contribution in [0.15, 0.2) is 42.5 Å². The van der Waals surface area contributed by atoms with Crippen molar-refractivity contribution in [2.24, 2.45) is 0 Å². The lowest BCUT2D eigenvalue weighted by atomic mass is 10.1. The molecule has 5 nitrogen and oxygen atoms in total. The van der Waals surface area contributed by atoms with E-state index in [1.807, 2.05) is 6.26 Å². The number of amides is 2. The number of methoxy groups -OCH3 is 1. The topological polar surface area (TPSA) is 58.6 Å². The van der Waals surface area contributed by atoms with E-state index < -0.39 is 17.8 Å². The summed E-state index contributed by atoms with van der Waals surface area (Å²) in [5.74, 6) is -0.0963. The third-order valence-corrected chi connectivity index (χ3v) is 5.40.